The van der Waals surface area contributed by atoms with Crippen molar-refractivity contribution in [1.82, 2.24) is 14.8 Å². The molecule has 2 heterocycles. The van der Waals surface area contributed by atoms with E-state index in [4.69, 9.17) is 9.47 Å². The number of phenols is 1. The summed E-state index contributed by atoms with van der Waals surface area (Å²) >= 11 is 0. The quantitative estimate of drug-likeness (QED) is 0.585. The second-order valence-electron chi connectivity index (χ2n) is 6.53. The van der Waals surface area contributed by atoms with Crippen molar-refractivity contribution < 1.29 is 14.6 Å². The van der Waals surface area contributed by atoms with Crippen molar-refractivity contribution in [3.05, 3.63) is 78.4 Å². The Morgan fingerprint density at radius 3 is 2.21 bits per heavy atom. The van der Waals surface area contributed by atoms with E-state index in [0.29, 0.717) is 6.54 Å². The fraction of sp³-hybridized carbons (Fsp3) is 0.0909. The Morgan fingerprint density at radius 1 is 0.786 bits per heavy atom. The van der Waals surface area contributed by atoms with E-state index < -0.39 is 0 Å². The first-order valence-corrected chi connectivity index (χ1v) is 8.94. The summed E-state index contributed by atoms with van der Waals surface area (Å²) in [5, 5.41) is 18.5. The molecule has 0 spiro atoms. The van der Waals surface area contributed by atoms with Gasteiger partial charge in [-0.05, 0) is 42.0 Å². The predicted octanol–water partition coefficient (Wildman–Crippen LogP) is 4.09. The van der Waals surface area contributed by atoms with Crippen LogP contribution in [0.2, 0.25) is 0 Å². The fourth-order valence-electron chi connectivity index (χ4n) is 3.30. The van der Waals surface area contributed by atoms with Crippen LogP contribution in [0.15, 0.2) is 72.8 Å². The molecule has 1 N–H and O–H groups in total. The van der Waals surface area contributed by atoms with Crippen LogP contribution >= 0.6 is 0 Å². The highest BCUT2D eigenvalue weighted by molar-refractivity contribution is 5.63. The zero-order chi connectivity index (χ0) is 18.9. The molecule has 4 aromatic rings. The molecule has 0 unspecified atom stereocenters. The second-order valence-corrected chi connectivity index (χ2v) is 6.53. The minimum absolute atomic E-state index is 0.217. The summed E-state index contributed by atoms with van der Waals surface area (Å²) in [6.45, 7) is 0.823. The minimum atomic E-state index is 0.217. The van der Waals surface area contributed by atoms with Gasteiger partial charge in [-0.25, -0.2) is 0 Å². The molecule has 3 aromatic carbocycles. The van der Waals surface area contributed by atoms with E-state index in [1.54, 1.807) is 12.1 Å². The lowest BCUT2D eigenvalue weighted by Crippen LogP contribution is -2.04. The van der Waals surface area contributed by atoms with Gasteiger partial charge in [-0.3, -0.25) is 0 Å². The van der Waals surface area contributed by atoms with E-state index in [9.17, 15) is 5.11 Å². The molecule has 0 saturated heterocycles. The smallest absolute Gasteiger partial charge is 0.231 e. The highest BCUT2D eigenvalue weighted by Gasteiger charge is 2.18. The molecule has 0 atom stereocenters. The number of rotatable bonds is 4. The minimum Gasteiger partial charge on any atom is -0.508 e. The number of benzene rings is 3. The number of phenolic OH excluding ortho intramolecular Hbond substituents is 1. The van der Waals surface area contributed by atoms with Crippen LogP contribution in [0, 0.1) is 0 Å². The van der Waals surface area contributed by atoms with Crippen molar-refractivity contribution in [2.24, 2.45) is 0 Å². The molecule has 6 heteroatoms. The van der Waals surface area contributed by atoms with Crippen molar-refractivity contribution >= 4 is 0 Å². The third-order valence-electron chi connectivity index (χ3n) is 4.69. The third-order valence-corrected chi connectivity index (χ3v) is 4.69. The summed E-state index contributed by atoms with van der Waals surface area (Å²) in [5.41, 5.74) is 2.93. The monoisotopic (exact) mass is 371 g/mol. The Labute approximate surface area is 161 Å². The van der Waals surface area contributed by atoms with Gasteiger partial charge >= 0.3 is 0 Å². The Kier molecular flexibility index (Phi) is 3.94. The van der Waals surface area contributed by atoms with E-state index in [2.05, 4.69) is 14.8 Å². The lowest BCUT2D eigenvalue weighted by Gasteiger charge is -2.11. The number of hydrogen-bond donors (Lipinski definition) is 1. The van der Waals surface area contributed by atoms with Crippen LogP contribution in [0.25, 0.3) is 22.8 Å². The summed E-state index contributed by atoms with van der Waals surface area (Å²) in [6, 6.07) is 22.9. The summed E-state index contributed by atoms with van der Waals surface area (Å²) in [4.78, 5) is 0. The number of fused-ring (bicyclic) bond motifs is 1. The van der Waals surface area contributed by atoms with Gasteiger partial charge in [0.05, 0.1) is 6.54 Å². The average Bonchev–Trinajstić information content (AvgIpc) is 3.36. The maximum absolute atomic E-state index is 9.61. The van der Waals surface area contributed by atoms with Crippen molar-refractivity contribution in [2.45, 2.75) is 6.54 Å². The molecule has 0 fully saturated rings. The summed E-state index contributed by atoms with van der Waals surface area (Å²) in [7, 11) is 0. The standard InChI is InChI=1S/C22H17N3O3/c26-18-9-7-17(8-10-18)22-24-23-21(16-4-2-1-3-5-16)25(22)13-15-6-11-19-20(12-15)28-14-27-19/h1-12,26H,13-14H2. The van der Waals surface area contributed by atoms with E-state index >= 15 is 0 Å². The van der Waals surface area contributed by atoms with Crippen LogP contribution in [0.1, 0.15) is 5.56 Å². The highest BCUT2D eigenvalue weighted by atomic mass is 16.7. The molecule has 0 saturated carbocycles. The van der Waals surface area contributed by atoms with Gasteiger partial charge in [-0.15, -0.1) is 10.2 Å². The van der Waals surface area contributed by atoms with Gasteiger partial charge in [0.2, 0.25) is 6.79 Å². The maximum Gasteiger partial charge on any atom is 0.231 e. The first-order chi connectivity index (χ1) is 13.8. The number of aromatic hydroxyl groups is 1. The Balaban J connectivity index is 1.61. The number of nitrogens with zero attached hydrogens (tertiary/aromatic N) is 3. The molecule has 1 aliphatic rings. The number of hydrogen-bond acceptors (Lipinski definition) is 5. The number of ether oxygens (including phenoxy) is 2. The molecule has 1 aliphatic heterocycles. The van der Waals surface area contributed by atoms with Gasteiger partial charge < -0.3 is 19.1 Å². The van der Waals surface area contributed by atoms with Crippen LogP contribution in [0.5, 0.6) is 17.2 Å². The van der Waals surface area contributed by atoms with Crippen molar-refractivity contribution in [1.29, 1.82) is 0 Å². The zero-order valence-electron chi connectivity index (χ0n) is 14.9. The molecule has 28 heavy (non-hydrogen) atoms. The van der Waals surface area contributed by atoms with Gasteiger partial charge in [0.1, 0.15) is 5.75 Å². The van der Waals surface area contributed by atoms with Crippen molar-refractivity contribution in [3.8, 4) is 40.0 Å². The number of aromatic nitrogens is 3. The molecule has 0 aliphatic carbocycles. The summed E-state index contributed by atoms with van der Waals surface area (Å²) < 4.78 is 13.0. The van der Waals surface area contributed by atoms with E-state index in [0.717, 1.165) is 39.8 Å². The Bertz CT molecular complexity index is 1120. The normalized spacial score (nSPS) is 12.3. The predicted molar refractivity (Wildman–Crippen MR) is 104 cm³/mol. The van der Waals surface area contributed by atoms with E-state index in [1.807, 2.05) is 60.7 Å². The first kappa shape index (κ1) is 16.4. The molecule has 0 bridgehead atoms. The third kappa shape index (κ3) is 2.95. The first-order valence-electron chi connectivity index (χ1n) is 8.94. The summed E-state index contributed by atoms with van der Waals surface area (Å²) in [5.74, 6) is 3.24. The molecule has 138 valence electrons. The zero-order valence-corrected chi connectivity index (χ0v) is 14.9. The maximum atomic E-state index is 9.61. The molecule has 5 rings (SSSR count). The second kappa shape index (κ2) is 6.74. The SMILES string of the molecule is Oc1ccc(-c2nnc(-c3ccccc3)n2Cc2ccc3c(c2)OCO3)cc1. The highest BCUT2D eigenvalue weighted by Crippen LogP contribution is 2.34. The molecule has 0 radical (unpaired) electrons. The molecular weight excluding hydrogens is 354 g/mol. The average molecular weight is 371 g/mol. The Hall–Kier alpha value is -3.80. The van der Waals surface area contributed by atoms with E-state index in [1.165, 1.54) is 0 Å². The van der Waals surface area contributed by atoms with Gasteiger partial charge in [-0.2, -0.15) is 0 Å². The van der Waals surface area contributed by atoms with Gasteiger partial charge in [-0.1, -0.05) is 36.4 Å². The van der Waals surface area contributed by atoms with Crippen LogP contribution in [-0.2, 0) is 6.54 Å². The van der Waals surface area contributed by atoms with Gasteiger partial charge in [0.25, 0.3) is 0 Å². The largest absolute Gasteiger partial charge is 0.508 e. The molecular formula is C22H17N3O3. The topological polar surface area (TPSA) is 69.4 Å². The van der Waals surface area contributed by atoms with Crippen molar-refractivity contribution in [3.63, 3.8) is 0 Å². The Morgan fingerprint density at radius 2 is 1.46 bits per heavy atom. The molecule has 0 amide bonds. The molecule has 1 aromatic heterocycles. The lowest BCUT2D eigenvalue weighted by atomic mass is 10.1. The van der Waals surface area contributed by atoms with E-state index in [-0.39, 0.29) is 12.5 Å². The van der Waals surface area contributed by atoms with Crippen molar-refractivity contribution in [2.75, 3.05) is 6.79 Å². The van der Waals surface area contributed by atoms with Crippen LogP contribution in [0.3, 0.4) is 0 Å². The summed E-state index contributed by atoms with van der Waals surface area (Å²) in [6.07, 6.45) is 0. The van der Waals surface area contributed by atoms with Gasteiger partial charge in [0, 0.05) is 11.1 Å². The van der Waals surface area contributed by atoms with Crippen LogP contribution < -0.4 is 9.47 Å². The van der Waals surface area contributed by atoms with Gasteiger partial charge in [0.15, 0.2) is 23.1 Å². The fourth-order valence-corrected chi connectivity index (χ4v) is 3.30. The van der Waals surface area contributed by atoms with Crippen LogP contribution in [-0.4, -0.2) is 26.7 Å². The molecule has 6 nitrogen and oxygen atoms in total. The van der Waals surface area contributed by atoms with Crippen LogP contribution in [0.4, 0.5) is 0 Å². The lowest BCUT2D eigenvalue weighted by molar-refractivity contribution is 0.174.